The lowest BCUT2D eigenvalue weighted by Crippen LogP contribution is -2.30. The SMILES string of the molecule is C=CCN(Cc1ccc(Cl)s1)C(=O)c1nnc(Cl)s1. The van der Waals surface area contributed by atoms with E-state index in [1.165, 1.54) is 11.3 Å². The van der Waals surface area contributed by atoms with Crippen LogP contribution >= 0.6 is 45.9 Å². The van der Waals surface area contributed by atoms with Gasteiger partial charge in [-0.05, 0) is 23.7 Å². The van der Waals surface area contributed by atoms with E-state index in [1.54, 1.807) is 17.0 Å². The summed E-state index contributed by atoms with van der Waals surface area (Å²) >= 11 is 14.1. The van der Waals surface area contributed by atoms with Crippen LogP contribution in [0.25, 0.3) is 0 Å². The second kappa shape index (κ2) is 6.47. The number of carbonyl (C=O) groups is 1. The van der Waals surface area contributed by atoms with Gasteiger partial charge in [0.2, 0.25) is 9.47 Å². The first-order valence-electron chi connectivity index (χ1n) is 5.23. The van der Waals surface area contributed by atoms with E-state index >= 15 is 0 Å². The van der Waals surface area contributed by atoms with Gasteiger partial charge in [-0.3, -0.25) is 4.79 Å². The van der Waals surface area contributed by atoms with Crippen LogP contribution in [0.15, 0.2) is 24.8 Å². The van der Waals surface area contributed by atoms with Gasteiger partial charge in [-0.15, -0.1) is 28.1 Å². The third-order valence-corrected chi connectivity index (χ3v) is 4.42. The zero-order valence-electron chi connectivity index (χ0n) is 9.68. The van der Waals surface area contributed by atoms with Crippen molar-refractivity contribution in [3.05, 3.63) is 43.5 Å². The monoisotopic (exact) mass is 333 g/mol. The maximum atomic E-state index is 12.3. The topological polar surface area (TPSA) is 46.1 Å². The van der Waals surface area contributed by atoms with Gasteiger partial charge in [0, 0.05) is 11.4 Å². The van der Waals surface area contributed by atoms with Crippen LogP contribution in [0.5, 0.6) is 0 Å². The minimum atomic E-state index is -0.214. The quantitative estimate of drug-likeness (QED) is 0.783. The number of rotatable bonds is 5. The summed E-state index contributed by atoms with van der Waals surface area (Å²) in [6.45, 7) is 4.53. The maximum Gasteiger partial charge on any atom is 0.285 e. The van der Waals surface area contributed by atoms with Gasteiger partial charge in [0.15, 0.2) is 0 Å². The van der Waals surface area contributed by atoms with Crippen molar-refractivity contribution < 1.29 is 4.79 Å². The molecule has 1 amide bonds. The molecule has 2 rings (SSSR count). The normalized spacial score (nSPS) is 10.4. The van der Waals surface area contributed by atoms with E-state index in [1.807, 2.05) is 6.07 Å². The Labute approximate surface area is 128 Å². The molecule has 0 aliphatic heterocycles. The van der Waals surface area contributed by atoms with E-state index in [9.17, 15) is 4.79 Å². The van der Waals surface area contributed by atoms with E-state index in [-0.39, 0.29) is 15.4 Å². The molecule has 0 N–H and O–H groups in total. The number of nitrogens with zero attached hydrogens (tertiary/aromatic N) is 3. The van der Waals surface area contributed by atoms with Gasteiger partial charge in [-0.25, -0.2) is 0 Å². The van der Waals surface area contributed by atoms with E-state index < -0.39 is 0 Å². The highest BCUT2D eigenvalue weighted by atomic mass is 35.5. The van der Waals surface area contributed by atoms with Crippen LogP contribution in [0.4, 0.5) is 0 Å². The molecule has 8 heteroatoms. The van der Waals surface area contributed by atoms with Crippen LogP contribution in [0.3, 0.4) is 0 Å². The van der Waals surface area contributed by atoms with E-state index in [0.29, 0.717) is 17.4 Å². The van der Waals surface area contributed by atoms with Crippen LogP contribution in [0, 0.1) is 0 Å². The number of thiophene rings is 1. The van der Waals surface area contributed by atoms with Crippen molar-refractivity contribution in [3.63, 3.8) is 0 Å². The number of carbonyl (C=O) groups excluding carboxylic acids is 1. The average molecular weight is 334 g/mol. The first kappa shape index (κ1) is 14.5. The summed E-state index contributed by atoms with van der Waals surface area (Å²) in [6, 6.07) is 3.70. The van der Waals surface area contributed by atoms with Crippen molar-refractivity contribution in [1.82, 2.24) is 15.1 Å². The second-order valence-electron chi connectivity index (χ2n) is 3.54. The first-order chi connectivity index (χ1) is 9.10. The summed E-state index contributed by atoms with van der Waals surface area (Å²) in [5, 5.41) is 7.66. The van der Waals surface area contributed by atoms with Crippen LogP contribution in [0.2, 0.25) is 8.80 Å². The summed E-state index contributed by atoms with van der Waals surface area (Å²) in [4.78, 5) is 14.9. The summed E-state index contributed by atoms with van der Waals surface area (Å²) in [5.74, 6) is -0.214. The van der Waals surface area contributed by atoms with Gasteiger partial charge < -0.3 is 4.90 Å². The molecule has 19 heavy (non-hydrogen) atoms. The third kappa shape index (κ3) is 3.76. The van der Waals surface area contributed by atoms with Crippen LogP contribution in [-0.4, -0.2) is 27.5 Å². The van der Waals surface area contributed by atoms with Crippen LogP contribution in [0.1, 0.15) is 14.7 Å². The van der Waals surface area contributed by atoms with E-state index in [2.05, 4.69) is 16.8 Å². The molecule has 0 aliphatic carbocycles. The van der Waals surface area contributed by atoms with Crippen LogP contribution < -0.4 is 0 Å². The molecule has 0 atom stereocenters. The predicted molar refractivity (Wildman–Crippen MR) is 79.2 cm³/mol. The molecular formula is C11H9Cl2N3OS2. The number of amides is 1. The first-order valence-corrected chi connectivity index (χ1v) is 7.62. The second-order valence-corrected chi connectivity index (χ2v) is 6.90. The fourth-order valence-corrected chi connectivity index (χ4v) is 3.33. The fraction of sp³-hybridized carbons (Fsp3) is 0.182. The Morgan fingerprint density at radius 1 is 1.37 bits per heavy atom. The molecule has 4 nitrogen and oxygen atoms in total. The van der Waals surface area contributed by atoms with Gasteiger partial charge >= 0.3 is 0 Å². The lowest BCUT2D eigenvalue weighted by atomic mass is 10.4. The Bertz CT molecular complexity index is 596. The highest BCUT2D eigenvalue weighted by Crippen LogP contribution is 2.24. The van der Waals surface area contributed by atoms with Gasteiger partial charge in [-0.1, -0.05) is 29.0 Å². The fourth-order valence-electron chi connectivity index (χ4n) is 1.43. The largest absolute Gasteiger partial charge is 0.328 e. The lowest BCUT2D eigenvalue weighted by Gasteiger charge is -2.18. The molecule has 0 aromatic carbocycles. The Kier molecular flexibility index (Phi) is 4.93. The van der Waals surface area contributed by atoms with E-state index in [0.717, 1.165) is 16.2 Å². The molecule has 0 bridgehead atoms. The number of aromatic nitrogens is 2. The standard InChI is InChI=1S/C11H9Cl2N3OS2/c1-2-5-16(6-7-3-4-8(12)18-7)10(17)9-14-15-11(13)19-9/h2-4H,1,5-6H2. The number of hydrogen-bond donors (Lipinski definition) is 0. The Hall–Kier alpha value is -0.950. The molecule has 0 spiro atoms. The Morgan fingerprint density at radius 3 is 2.68 bits per heavy atom. The molecule has 0 unspecified atom stereocenters. The van der Waals surface area contributed by atoms with Gasteiger partial charge in [0.25, 0.3) is 5.91 Å². The highest BCUT2D eigenvalue weighted by Gasteiger charge is 2.19. The summed E-state index contributed by atoms with van der Waals surface area (Å²) in [5.41, 5.74) is 0. The van der Waals surface area contributed by atoms with Crippen molar-refractivity contribution in [2.45, 2.75) is 6.54 Å². The lowest BCUT2D eigenvalue weighted by molar-refractivity contribution is 0.0763. The van der Waals surface area contributed by atoms with Crippen molar-refractivity contribution in [1.29, 1.82) is 0 Å². The van der Waals surface area contributed by atoms with Crippen molar-refractivity contribution in [2.24, 2.45) is 0 Å². The smallest absolute Gasteiger partial charge is 0.285 e. The molecule has 2 heterocycles. The number of hydrogen-bond acceptors (Lipinski definition) is 5. The predicted octanol–water partition coefficient (Wildman–Crippen LogP) is 3.73. The zero-order chi connectivity index (χ0) is 13.8. The average Bonchev–Trinajstić information content (AvgIpc) is 2.97. The molecule has 0 saturated carbocycles. The maximum absolute atomic E-state index is 12.3. The minimum absolute atomic E-state index is 0.214. The van der Waals surface area contributed by atoms with Gasteiger partial charge in [0.05, 0.1) is 10.9 Å². The summed E-state index contributed by atoms with van der Waals surface area (Å²) in [6.07, 6.45) is 1.66. The van der Waals surface area contributed by atoms with Gasteiger partial charge in [-0.2, -0.15) is 0 Å². The molecule has 0 fully saturated rings. The zero-order valence-corrected chi connectivity index (χ0v) is 12.8. The highest BCUT2D eigenvalue weighted by molar-refractivity contribution is 7.17. The van der Waals surface area contributed by atoms with Crippen molar-refractivity contribution >= 4 is 51.8 Å². The number of halogens is 2. The van der Waals surface area contributed by atoms with Gasteiger partial charge in [0.1, 0.15) is 0 Å². The Morgan fingerprint density at radius 2 is 2.16 bits per heavy atom. The molecule has 0 radical (unpaired) electrons. The molecule has 0 aliphatic rings. The van der Waals surface area contributed by atoms with Crippen molar-refractivity contribution in [3.8, 4) is 0 Å². The molecular weight excluding hydrogens is 325 g/mol. The summed E-state index contributed by atoms with van der Waals surface area (Å²) < 4.78 is 0.945. The van der Waals surface area contributed by atoms with Crippen molar-refractivity contribution in [2.75, 3.05) is 6.54 Å². The molecule has 2 aromatic rings. The molecule has 2 aromatic heterocycles. The van der Waals surface area contributed by atoms with Crippen LogP contribution in [-0.2, 0) is 6.54 Å². The minimum Gasteiger partial charge on any atom is -0.328 e. The summed E-state index contributed by atoms with van der Waals surface area (Å²) in [7, 11) is 0. The Balaban J connectivity index is 2.15. The molecule has 0 saturated heterocycles. The third-order valence-electron chi connectivity index (χ3n) is 2.20. The molecule has 100 valence electrons. The van der Waals surface area contributed by atoms with E-state index in [4.69, 9.17) is 23.2 Å².